The maximum Gasteiger partial charge on any atom is 0.135 e. The first-order valence-electron chi connectivity index (χ1n) is 6.61. The number of hydrogen-bond acceptors (Lipinski definition) is 4. The second-order valence-electron chi connectivity index (χ2n) is 4.88. The number of piperidine rings is 1. The average Bonchev–Trinajstić information content (AvgIpc) is 2.38. The Labute approximate surface area is 128 Å². The summed E-state index contributed by atoms with van der Waals surface area (Å²) in [6.45, 7) is 1.60. The van der Waals surface area contributed by atoms with Crippen LogP contribution in [0.4, 0.5) is 8.78 Å². The number of methoxy groups -OCH3 is 1. The fraction of sp³-hybridized carbons (Fsp3) is 0.571. The first kappa shape index (κ1) is 18.1. The molecule has 1 heterocycles. The van der Waals surface area contributed by atoms with Crippen molar-refractivity contribution in [2.45, 2.75) is 18.4 Å². The minimum Gasteiger partial charge on any atom is -0.491 e. The van der Waals surface area contributed by atoms with Gasteiger partial charge in [-0.3, -0.25) is 0 Å². The van der Waals surface area contributed by atoms with Crippen LogP contribution in [0, 0.1) is 11.6 Å². The van der Waals surface area contributed by atoms with Gasteiger partial charge in [-0.1, -0.05) is 0 Å². The van der Waals surface area contributed by atoms with E-state index in [2.05, 4.69) is 5.32 Å². The van der Waals surface area contributed by atoms with Gasteiger partial charge in [-0.15, -0.1) is 12.4 Å². The molecule has 2 N–H and O–H groups in total. The normalized spacial score (nSPS) is 17.1. The predicted molar refractivity (Wildman–Crippen MR) is 77.0 cm³/mol. The van der Waals surface area contributed by atoms with Crippen LogP contribution in [-0.2, 0) is 10.3 Å². The first-order chi connectivity index (χ1) is 9.57. The molecule has 1 aliphatic heterocycles. The van der Waals surface area contributed by atoms with Crippen molar-refractivity contribution in [3.05, 3.63) is 29.3 Å². The van der Waals surface area contributed by atoms with E-state index in [0.29, 0.717) is 19.7 Å². The quantitative estimate of drug-likeness (QED) is 0.814. The molecule has 0 aromatic heterocycles. The molecular formula is C14H20ClF2NO3. The summed E-state index contributed by atoms with van der Waals surface area (Å²) in [5.74, 6) is -1.46. The third-order valence-corrected chi connectivity index (χ3v) is 3.47. The molecule has 1 aromatic rings. The van der Waals surface area contributed by atoms with Gasteiger partial charge in [0.25, 0.3) is 0 Å². The Morgan fingerprint density at radius 1 is 1.19 bits per heavy atom. The lowest BCUT2D eigenvalue weighted by Gasteiger charge is -2.33. The van der Waals surface area contributed by atoms with E-state index in [1.54, 1.807) is 0 Å². The van der Waals surface area contributed by atoms with Crippen LogP contribution in [0.2, 0.25) is 0 Å². The average molecular weight is 324 g/mol. The minimum absolute atomic E-state index is 0. The molecule has 120 valence electrons. The van der Waals surface area contributed by atoms with E-state index in [9.17, 15) is 13.9 Å². The third-order valence-electron chi connectivity index (χ3n) is 3.47. The Morgan fingerprint density at radius 2 is 1.76 bits per heavy atom. The van der Waals surface area contributed by atoms with E-state index in [-0.39, 0.29) is 43.2 Å². The van der Waals surface area contributed by atoms with Gasteiger partial charge in [-0.05, 0) is 25.9 Å². The van der Waals surface area contributed by atoms with Gasteiger partial charge < -0.3 is 19.9 Å². The summed E-state index contributed by atoms with van der Waals surface area (Å²) in [5.41, 5.74) is -1.72. The summed E-state index contributed by atoms with van der Waals surface area (Å²) in [5, 5.41) is 13.5. The summed E-state index contributed by atoms with van der Waals surface area (Å²) in [6.07, 6.45) is 0.565. The Balaban J connectivity index is 0.00000220. The van der Waals surface area contributed by atoms with Crippen molar-refractivity contribution in [3.8, 4) is 5.75 Å². The molecule has 1 aliphatic rings. The van der Waals surface area contributed by atoms with Gasteiger partial charge in [0.15, 0.2) is 0 Å². The fourth-order valence-electron chi connectivity index (χ4n) is 2.41. The molecule has 0 aliphatic carbocycles. The lowest BCUT2D eigenvalue weighted by molar-refractivity contribution is -0.000708. The summed E-state index contributed by atoms with van der Waals surface area (Å²) < 4.78 is 38.2. The molecule has 4 nitrogen and oxygen atoms in total. The largest absolute Gasteiger partial charge is 0.491 e. The van der Waals surface area contributed by atoms with Crippen LogP contribution < -0.4 is 10.1 Å². The van der Waals surface area contributed by atoms with Gasteiger partial charge in [-0.2, -0.15) is 0 Å². The standard InChI is InChI=1S/C14H19F2NO3.ClH/c1-19-6-7-20-10-8-11(15)13(12(16)9-10)14(18)2-4-17-5-3-14;/h8-9,17-18H,2-7H2,1H3;1H. The van der Waals surface area contributed by atoms with Crippen LogP contribution in [0.5, 0.6) is 5.75 Å². The number of ether oxygens (including phenoxy) is 2. The number of benzene rings is 1. The van der Waals surface area contributed by atoms with Crippen LogP contribution in [0.15, 0.2) is 12.1 Å². The highest BCUT2D eigenvalue weighted by Crippen LogP contribution is 2.35. The number of halogens is 3. The lowest BCUT2D eigenvalue weighted by Crippen LogP contribution is -2.41. The summed E-state index contributed by atoms with van der Waals surface area (Å²) in [6, 6.07) is 2.21. The van der Waals surface area contributed by atoms with Gasteiger partial charge in [0.2, 0.25) is 0 Å². The van der Waals surface area contributed by atoms with Crippen molar-refractivity contribution in [2.24, 2.45) is 0 Å². The molecule has 7 heteroatoms. The molecule has 1 fully saturated rings. The molecule has 2 rings (SSSR count). The number of nitrogens with one attached hydrogen (secondary N) is 1. The minimum atomic E-state index is -1.45. The molecule has 0 spiro atoms. The molecule has 1 saturated heterocycles. The highest BCUT2D eigenvalue weighted by atomic mass is 35.5. The first-order valence-corrected chi connectivity index (χ1v) is 6.61. The zero-order valence-electron chi connectivity index (χ0n) is 11.8. The Morgan fingerprint density at radius 3 is 2.29 bits per heavy atom. The van der Waals surface area contributed by atoms with Crippen molar-refractivity contribution < 1.29 is 23.4 Å². The molecule has 1 aromatic carbocycles. The van der Waals surface area contributed by atoms with Gasteiger partial charge in [0.1, 0.15) is 24.0 Å². The molecule has 0 atom stereocenters. The Hall–Kier alpha value is -0.950. The van der Waals surface area contributed by atoms with Crippen molar-refractivity contribution in [3.63, 3.8) is 0 Å². The SMILES string of the molecule is COCCOc1cc(F)c(C2(O)CCNCC2)c(F)c1.Cl. The van der Waals surface area contributed by atoms with Gasteiger partial charge in [0, 0.05) is 19.2 Å². The fourth-order valence-corrected chi connectivity index (χ4v) is 2.41. The van der Waals surface area contributed by atoms with E-state index < -0.39 is 17.2 Å². The number of aliphatic hydroxyl groups is 1. The summed E-state index contributed by atoms with van der Waals surface area (Å²) >= 11 is 0. The Kier molecular flexibility index (Phi) is 6.80. The molecule has 21 heavy (non-hydrogen) atoms. The number of rotatable bonds is 5. The zero-order chi connectivity index (χ0) is 14.6. The van der Waals surface area contributed by atoms with Gasteiger partial charge in [0.05, 0.1) is 17.8 Å². The van der Waals surface area contributed by atoms with E-state index in [1.165, 1.54) is 7.11 Å². The van der Waals surface area contributed by atoms with Crippen LogP contribution in [-0.4, -0.2) is 38.5 Å². The van der Waals surface area contributed by atoms with Crippen LogP contribution in [0.25, 0.3) is 0 Å². The maximum atomic E-state index is 14.1. The van der Waals surface area contributed by atoms with Crippen molar-refractivity contribution in [2.75, 3.05) is 33.4 Å². The molecule has 0 radical (unpaired) electrons. The zero-order valence-corrected chi connectivity index (χ0v) is 12.6. The van der Waals surface area contributed by atoms with Crippen molar-refractivity contribution in [1.82, 2.24) is 5.32 Å². The van der Waals surface area contributed by atoms with E-state index in [1.807, 2.05) is 0 Å². The summed E-state index contributed by atoms with van der Waals surface area (Å²) in [4.78, 5) is 0. The molecule has 0 amide bonds. The predicted octanol–water partition coefficient (Wildman–Crippen LogP) is 1.98. The monoisotopic (exact) mass is 323 g/mol. The molecule has 0 bridgehead atoms. The molecular weight excluding hydrogens is 304 g/mol. The third kappa shape index (κ3) is 4.26. The van der Waals surface area contributed by atoms with E-state index in [0.717, 1.165) is 12.1 Å². The summed E-state index contributed by atoms with van der Waals surface area (Å²) in [7, 11) is 1.51. The number of hydrogen-bond donors (Lipinski definition) is 2. The van der Waals surface area contributed by atoms with Gasteiger partial charge >= 0.3 is 0 Å². The van der Waals surface area contributed by atoms with Crippen molar-refractivity contribution >= 4 is 12.4 Å². The van der Waals surface area contributed by atoms with E-state index >= 15 is 0 Å². The van der Waals surface area contributed by atoms with Crippen LogP contribution >= 0.6 is 12.4 Å². The Bertz CT molecular complexity index is 445. The molecule has 0 unspecified atom stereocenters. The van der Waals surface area contributed by atoms with Crippen LogP contribution in [0.1, 0.15) is 18.4 Å². The second kappa shape index (κ2) is 7.89. The maximum absolute atomic E-state index is 14.1. The van der Waals surface area contributed by atoms with Crippen molar-refractivity contribution in [1.29, 1.82) is 0 Å². The van der Waals surface area contributed by atoms with Crippen LogP contribution in [0.3, 0.4) is 0 Å². The molecule has 0 saturated carbocycles. The van der Waals surface area contributed by atoms with E-state index in [4.69, 9.17) is 9.47 Å². The smallest absolute Gasteiger partial charge is 0.135 e. The van der Waals surface area contributed by atoms with Gasteiger partial charge in [-0.25, -0.2) is 8.78 Å². The second-order valence-corrected chi connectivity index (χ2v) is 4.88. The topological polar surface area (TPSA) is 50.7 Å². The highest BCUT2D eigenvalue weighted by Gasteiger charge is 2.36. The lowest BCUT2D eigenvalue weighted by atomic mass is 9.84. The highest BCUT2D eigenvalue weighted by molar-refractivity contribution is 5.85.